The summed E-state index contributed by atoms with van der Waals surface area (Å²) in [5, 5.41) is 3.28. The Balaban J connectivity index is 2.04. The van der Waals surface area contributed by atoms with Crippen molar-refractivity contribution in [3.63, 3.8) is 0 Å². The van der Waals surface area contributed by atoms with Crippen molar-refractivity contribution in [1.29, 1.82) is 0 Å². The second kappa shape index (κ2) is 5.03. The number of carbonyl (C=O) groups is 1. The molecule has 0 aromatic carbocycles. The van der Waals surface area contributed by atoms with Gasteiger partial charge in [-0.25, -0.2) is 4.98 Å². The molecule has 16 heavy (non-hydrogen) atoms. The zero-order valence-corrected chi connectivity index (χ0v) is 9.39. The Hall–Kier alpha value is -1.49. The molecular formula is C11H16N4O. The van der Waals surface area contributed by atoms with Gasteiger partial charge in [0, 0.05) is 25.5 Å². The Labute approximate surface area is 94.9 Å². The van der Waals surface area contributed by atoms with E-state index in [9.17, 15) is 4.79 Å². The molecule has 5 nitrogen and oxygen atoms in total. The number of aromatic nitrogens is 2. The normalized spacial score (nSPS) is 17.1. The van der Waals surface area contributed by atoms with Crippen molar-refractivity contribution in [2.24, 2.45) is 0 Å². The zero-order chi connectivity index (χ0) is 11.4. The molecule has 0 unspecified atom stereocenters. The predicted molar refractivity (Wildman–Crippen MR) is 60.0 cm³/mol. The first-order valence-corrected chi connectivity index (χ1v) is 5.53. The third-order valence-corrected chi connectivity index (χ3v) is 2.96. The highest BCUT2D eigenvalue weighted by Crippen LogP contribution is 2.12. The summed E-state index contributed by atoms with van der Waals surface area (Å²) < 4.78 is 0. The fraction of sp³-hybridized carbons (Fsp3) is 0.545. The van der Waals surface area contributed by atoms with Crippen LogP contribution in [-0.4, -0.2) is 47.0 Å². The van der Waals surface area contributed by atoms with Crippen molar-refractivity contribution < 1.29 is 4.79 Å². The van der Waals surface area contributed by atoms with Crippen LogP contribution in [0.5, 0.6) is 0 Å². The van der Waals surface area contributed by atoms with Crippen molar-refractivity contribution in [1.82, 2.24) is 20.2 Å². The molecule has 2 heterocycles. The Morgan fingerprint density at radius 2 is 2.19 bits per heavy atom. The SMILES string of the molecule is CN(C(=O)c1cnccn1)C1CCNCC1. The third-order valence-electron chi connectivity index (χ3n) is 2.96. The van der Waals surface area contributed by atoms with Crippen molar-refractivity contribution in [2.75, 3.05) is 20.1 Å². The molecule has 86 valence electrons. The Morgan fingerprint density at radius 1 is 1.44 bits per heavy atom. The highest BCUT2D eigenvalue weighted by atomic mass is 16.2. The Bertz CT molecular complexity index is 348. The van der Waals surface area contributed by atoms with Crippen LogP contribution in [0.25, 0.3) is 0 Å². The van der Waals surface area contributed by atoms with Gasteiger partial charge in [0.15, 0.2) is 0 Å². The number of nitrogens with zero attached hydrogens (tertiary/aromatic N) is 3. The van der Waals surface area contributed by atoms with Crippen LogP contribution in [0.1, 0.15) is 23.3 Å². The number of piperidine rings is 1. The van der Waals surface area contributed by atoms with E-state index >= 15 is 0 Å². The predicted octanol–water partition coefficient (Wildman–Crippen LogP) is 0.301. The maximum atomic E-state index is 12.0. The van der Waals surface area contributed by atoms with E-state index in [4.69, 9.17) is 0 Å². The van der Waals surface area contributed by atoms with Gasteiger partial charge in [-0.05, 0) is 25.9 Å². The summed E-state index contributed by atoms with van der Waals surface area (Å²) in [5.41, 5.74) is 0.420. The van der Waals surface area contributed by atoms with E-state index in [1.807, 2.05) is 7.05 Å². The standard InChI is InChI=1S/C11H16N4O/c1-15(9-2-4-12-5-3-9)11(16)10-8-13-6-7-14-10/h6-9,12H,2-5H2,1H3. The number of nitrogens with one attached hydrogen (secondary N) is 1. The van der Waals surface area contributed by atoms with Gasteiger partial charge in [0.2, 0.25) is 0 Å². The monoisotopic (exact) mass is 220 g/mol. The van der Waals surface area contributed by atoms with Gasteiger partial charge in [-0.15, -0.1) is 0 Å². The molecule has 0 atom stereocenters. The van der Waals surface area contributed by atoms with E-state index < -0.39 is 0 Å². The molecule has 0 spiro atoms. The first-order chi connectivity index (χ1) is 7.79. The van der Waals surface area contributed by atoms with Crippen LogP contribution >= 0.6 is 0 Å². The van der Waals surface area contributed by atoms with E-state index in [1.165, 1.54) is 6.20 Å². The number of amides is 1. The molecule has 1 amide bonds. The highest BCUT2D eigenvalue weighted by Gasteiger charge is 2.23. The molecule has 0 saturated carbocycles. The molecule has 1 fully saturated rings. The smallest absolute Gasteiger partial charge is 0.274 e. The molecule has 1 aliphatic heterocycles. The second-order valence-corrected chi connectivity index (χ2v) is 3.99. The average molecular weight is 220 g/mol. The van der Waals surface area contributed by atoms with Crippen LogP contribution in [0.4, 0.5) is 0 Å². The largest absolute Gasteiger partial charge is 0.337 e. The van der Waals surface area contributed by atoms with Crippen molar-refractivity contribution in [2.45, 2.75) is 18.9 Å². The molecule has 1 aromatic rings. The lowest BCUT2D eigenvalue weighted by molar-refractivity contribution is 0.0697. The lowest BCUT2D eigenvalue weighted by Gasteiger charge is -2.31. The maximum absolute atomic E-state index is 12.0. The van der Waals surface area contributed by atoms with Crippen LogP contribution in [-0.2, 0) is 0 Å². The quantitative estimate of drug-likeness (QED) is 0.779. The Morgan fingerprint density at radius 3 is 2.81 bits per heavy atom. The molecule has 1 aromatic heterocycles. The number of rotatable bonds is 2. The third kappa shape index (κ3) is 2.36. The van der Waals surface area contributed by atoms with Gasteiger partial charge >= 0.3 is 0 Å². The summed E-state index contributed by atoms with van der Waals surface area (Å²) in [4.78, 5) is 21.8. The summed E-state index contributed by atoms with van der Waals surface area (Å²) in [6.07, 6.45) is 6.63. The number of hydrogen-bond donors (Lipinski definition) is 1. The molecule has 1 saturated heterocycles. The highest BCUT2D eigenvalue weighted by molar-refractivity contribution is 5.91. The van der Waals surface area contributed by atoms with Gasteiger partial charge < -0.3 is 10.2 Å². The minimum absolute atomic E-state index is 0.0417. The van der Waals surface area contributed by atoms with Gasteiger partial charge in [-0.1, -0.05) is 0 Å². The molecule has 0 radical (unpaired) electrons. The minimum Gasteiger partial charge on any atom is -0.337 e. The van der Waals surface area contributed by atoms with Crippen LogP contribution in [0.15, 0.2) is 18.6 Å². The molecule has 0 aliphatic carbocycles. The van der Waals surface area contributed by atoms with E-state index in [1.54, 1.807) is 17.3 Å². The molecule has 1 N–H and O–H groups in total. The fourth-order valence-corrected chi connectivity index (χ4v) is 1.95. The van der Waals surface area contributed by atoms with Gasteiger partial charge in [0.05, 0.1) is 6.20 Å². The van der Waals surface area contributed by atoms with Gasteiger partial charge in [-0.2, -0.15) is 0 Å². The van der Waals surface area contributed by atoms with Crippen molar-refractivity contribution in [3.05, 3.63) is 24.3 Å². The average Bonchev–Trinajstić information content (AvgIpc) is 2.39. The maximum Gasteiger partial charge on any atom is 0.274 e. The van der Waals surface area contributed by atoms with Crippen molar-refractivity contribution in [3.8, 4) is 0 Å². The molecule has 1 aliphatic rings. The summed E-state index contributed by atoms with van der Waals surface area (Å²) in [6, 6.07) is 0.316. The van der Waals surface area contributed by atoms with E-state index in [-0.39, 0.29) is 5.91 Å². The number of hydrogen-bond acceptors (Lipinski definition) is 4. The van der Waals surface area contributed by atoms with Crippen LogP contribution in [0, 0.1) is 0 Å². The first-order valence-electron chi connectivity index (χ1n) is 5.53. The lowest BCUT2D eigenvalue weighted by Crippen LogP contribution is -2.44. The van der Waals surface area contributed by atoms with Crippen molar-refractivity contribution >= 4 is 5.91 Å². The summed E-state index contributed by atoms with van der Waals surface area (Å²) in [6.45, 7) is 1.95. The molecular weight excluding hydrogens is 204 g/mol. The summed E-state index contributed by atoms with van der Waals surface area (Å²) in [5.74, 6) is -0.0417. The molecule has 5 heteroatoms. The van der Waals surface area contributed by atoms with Gasteiger partial charge in [0.25, 0.3) is 5.91 Å². The van der Waals surface area contributed by atoms with Gasteiger partial charge in [0.1, 0.15) is 5.69 Å². The van der Waals surface area contributed by atoms with E-state index in [0.29, 0.717) is 11.7 Å². The van der Waals surface area contributed by atoms with E-state index in [2.05, 4.69) is 15.3 Å². The first kappa shape index (κ1) is 11.0. The molecule has 2 rings (SSSR count). The molecule has 0 bridgehead atoms. The van der Waals surface area contributed by atoms with E-state index in [0.717, 1.165) is 25.9 Å². The number of carbonyl (C=O) groups excluding carboxylic acids is 1. The zero-order valence-electron chi connectivity index (χ0n) is 9.39. The minimum atomic E-state index is -0.0417. The lowest BCUT2D eigenvalue weighted by atomic mass is 10.1. The van der Waals surface area contributed by atoms with Gasteiger partial charge in [-0.3, -0.25) is 9.78 Å². The van der Waals surface area contributed by atoms with Crippen LogP contribution in [0.3, 0.4) is 0 Å². The summed E-state index contributed by atoms with van der Waals surface area (Å²) in [7, 11) is 1.84. The van der Waals surface area contributed by atoms with Crippen LogP contribution in [0.2, 0.25) is 0 Å². The van der Waals surface area contributed by atoms with Crippen LogP contribution < -0.4 is 5.32 Å². The topological polar surface area (TPSA) is 58.1 Å². The second-order valence-electron chi connectivity index (χ2n) is 3.99. The fourth-order valence-electron chi connectivity index (χ4n) is 1.95. The summed E-state index contributed by atoms with van der Waals surface area (Å²) >= 11 is 0. The Kier molecular flexibility index (Phi) is 3.46.